The molecule has 3 nitrogen and oxygen atoms in total. The van der Waals surface area contributed by atoms with Crippen molar-refractivity contribution in [3.05, 3.63) is 14.5 Å². The summed E-state index contributed by atoms with van der Waals surface area (Å²) in [5.41, 5.74) is 1.04. The Hall–Kier alpha value is -0.680. The van der Waals surface area contributed by atoms with Crippen molar-refractivity contribution in [2.45, 2.75) is 38.6 Å². The second-order valence-corrected chi connectivity index (χ2v) is 8.09. The van der Waals surface area contributed by atoms with Gasteiger partial charge in [0.05, 0.1) is 6.42 Å². The van der Waals surface area contributed by atoms with Crippen molar-refractivity contribution in [3.8, 4) is 0 Å². The third-order valence-corrected chi connectivity index (χ3v) is 6.64. The number of aromatic amines is 1. The number of aromatic nitrogens is 1. The summed E-state index contributed by atoms with van der Waals surface area (Å²) in [5, 5.41) is 3.26. The van der Waals surface area contributed by atoms with Gasteiger partial charge in [0.25, 0.3) is 0 Å². The van der Waals surface area contributed by atoms with Gasteiger partial charge in [-0.2, -0.15) is 0 Å². The average Bonchev–Trinajstić information content (AvgIpc) is 2.71. The van der Waals surface area contributed by atoms with E-state index < -0.39 is 0 Å². The fraction of sp³-hybridized carbons (Fsp3) is 0.714. The van der Waals surface area contributed by atoms with Gasteiger partial charge in [-0.3, -0.25) is 4.79 Å². The highest BCUT2D eigenvalue weighted by Gasteiger charge is 2.65. The fourth-order valence-electron chi connectivity index (χ4n) is 4.51. The van der Waals surface area contributed by atoms with Gasteiger partial charge < -0.3 is 10.3 Å². The number of amides is 1. The summed E-state index contributed by atoms with van der Waals surface area (Å²) >= 11 is 6.63. The molecule has 0 aromatic carbocycles. The maximum Gasteiger partial charge on any atom is 0.225 e. The quantitative estimate of drug-likeness (QED) is 0.842. The number of carbonyl (C=O) groups excluding carboxylic acids is 1. The van der Waals surface area contributed by atoms with Crippen LogP contribution in [-0.4, -0.2) is 16.9 Å². The van der Waals surface area contributed by atoms with Crippen LogP contribution in [0.15, 0.2) is 0 Å². The normalized spacial score (nSPS) is 38.3. The van der Waals surface area contributed by atoms with Crippen LogP contribution in [-0.2, 0) is 11.2 Å². The van der Waals surface area contributed by atoms with Crippen LogP contribution >= 0.6 is 23.6 Å². The Balaban J connectivity index is 1.38. The molecule has 5 heteroatoms. The molecule has 4 unspecified atom stereocenters. The molecular weight excluding hydrogens is 276 g/mol. The van der Waals surface area contributed by atoms with Crippen molar-refractivity contribution in [1.82, 2.24) is 10.3 Å². The Labute approximate surface area is 121 Å². The lowest BCUT2D eigenvalue weighted by Crippen LogP contribution is -2.31. The zero-order valence-corrected chi connectivity index (χ0v) is 12.6. The monoisotopic (exact) mass is 294 g/mol. The molecule has 2 N–H and O–H groups in total. The highest BCUT2D eigenvalue weighted by Crippen LogP contribution is 2.65. The van der Waals surface area contributed by atoms with E-state index in [4.69, 9.17) is 12.2 Å². The van der Waals surface area contributed by atoms with Crippen molar-refractivity contribution >= 4 is 29.5 Å². The van der Waals surface area contributed by atoms with Crippen molar-refractivity contribution in [1.29, 1.82) is 0 Å². The van der Waals surface area contributed by atoms with Gasteiger partial charge in [-0.05, 0) is 62.1 Å². The van der Waals surface area contributed by atoms with E-state index in [0.29, 0.717) is 12.5 Å². The zero-order valence-electron chi connectivity index (χ0n) is 10.9. The third-order valence-electron chi connectivity index (χ3n) is 5.31. The van der Waals surface area contributed by atoms with Crippen LogP contribution < -0.4 is 5.32 Å². The van der Waals surface area contributed by atoms with E-state index >= 15 is 0 Å². The SMILES string of the molecule is Cc1[nH]c(=S)sc1CC(=O)NC1C2C3CCC(C3)C12. The molecule has 0 saturated heterocycles. The van der Waals surface area contributed by atoms with Gasteiger partial charge in [-0.15, -0.1) is 11.3 Å². The minimum absolute atomic E-state index is 0.173. The van der Waals surface area contributed by atoms with Gasteiger partial charge in [0, 0.05) is 16.6 Å². The fourth-order valence-corrected chi connectivity index (χ4v) is 5.80. The van der Waals surface area contributed by atoms with E-state index in [1.165, 1.54) is 30.6 Å². The van der Waals surface area contributed by atoms with Gasteiger partial charge in [0.15, 0.2) is 3.95 Å². The van der Waals surface area contributed by atoms with Gasteiger partial charge >= 0.3 is 0 Å². The highest BCUT2D eigenvalue weighted by atomic mass is 32.1. The molecule has 19 heavy (non-hydrogen) atoms. The molecule has 2 bridgehead atoms. The topological polar surface area (TPSA) is 44.9 Å². The molecule has 1 amide bonds. The van der Waals surface area contributed by atoms with Gasteiger partial charge in [0.1, 0.15) is 0 Å². The Morgan fingerprint density at radius 1 is 1.42 bits per heavy atom. The van der Waals surface area contributed by atoms with E-state index in [9.17, 15) is 4.79 Å². The molecule has 1 aromatic heterocycles. The first-order chi connectivity index (χ1) is 9.13. The molecule has 3 aliphatic rings. The van der Waals surface area contributed by atoms with Crippen molar-refractivity contribution in [3.63, 3.8) is 0 Å². The van der Waals surface area contributed by atoms with Crippen LogP contribution in [0, 0.1) is 34.5 Å². The maximum atomic E-state index is 12.1. The summed E-state index contributed by atoms with van der Waals surface area (Å²) < 4.78 is 0.765. The average molecular weight is 294 g/mol. The van der Waals surface area contributed by atoms with Gasteiger partial charge in [-0.1, -0.05) is 0 Å². The number of hydrogen-bond donors (Lipinski definition) is 2. The lowest BCUT2D eigenvalue weighted by atomic mass is 10.0. The first-order valence-corrected chi connectivity index (χ1v) is 8.34. The number of hydrogen-bond acceptors (Lipinski definition) is 3. The molecule has 0 aliphatic heterocycles. The number of carbonyl (C=O) groups is 1. The van der Waals surface area contributed by atoms with Crippen LogP contribution in [0.3, 0.4) is 0 Å². The molecule has 3 fully saturated rings. The van der Waals surface area contributed by atoms with Gasteiger partial charge in [0.2, 0.25) is 5.91 Å². The smallest absolute Gasteiger partial charge is 0.225 e. The number of H-pyrrole nitrogens is 1. The zero-order chi connectivity index (χ0) is 13.1. The number of thiazole rings is 1. The Bertz CT molecular complexity index is 575. The predicted octanol–water partition coefficient (Wildman–Crippen LogP) is 2.82. The summed E-state index contributed by atoms with van der Waals surface area (Å²) in [5.74, 6) is 3.63. The molecule has 1 heterocycles. The third kappa shape index (κ3) is 1.89. The number of rotatable bonds is 3. The summed E-state index contributed by atoms with van der Waals surface area (Å²) in [6.45, 7) is 1.99. The molecule has 3 saturated carbocycles. The van der Waals surface area contributed by atoms with Crippen molar-refractivity contribution < 1.29 is 4.79 Å². The minimum atomic E-state index is 0.173. The summed E-state index contributed by atoms with van der Waals surface area (Å²) in [6, 6.07) is 0.492. The van der Waals surface area contributed by atoms with Crippen LogP contribution in [0.1, 0.15) is 29.8 Å². The first-order valence-electron chi connectivity index (χ1n) is 7.11. The number of nitrogens with one attached hydrogen (secondary N) is 2. The molecule has 3 aliphatic carbocycles. The Morgan fingerprint density at radius 3 is 2.68 bits per heavy atom. The van der Waals surface area contributed by atoms with Gasteiger partial charge in [-0.25, -0.2) is 0 Å². The summed E-state index contributed by atoms with van der Waals surface area (Å²) in [6.07, 6.45) is 4.71. The van der Waals surface area contributed by atoms with Crippen molar-refractivity contribution in [2.24, 2.45) is 23.7 Å². The van der Waals surface area contributed by atoms with E-state index in [0.717, 1.165) is 38.2 Å². The number of aryl methyl sites for hydroxylation is 1. The molecule has 1 aromatic rings. The van der Waals surface area contributed by atoms with E-state index in [1.54, 1.807) is 0 Å². The Kier molecular flexibility index (Phi) is 2.64. The lowest BCUT2D eigenvalue weighted by Gasteiger charge is -2.10. The van der Waals surface area contributed by atoms with E-state index in [1.807, 2.05) is 6.92 Å². The van der Waals surface area contributed by atoms with Crippen molar-refractivity contribution in [2.75, 3.05) is 0 Å². The van der Waals surface area contributed by atoms with Crippen LogP contribution in [0.2, 0.25) is 0 Å². The molecule has 0 radical (unpaired) electrons. The molecule has 0 spiro atoms. The molecule has 102 valence electrons. The largest absolute Gasteiger partial charge is 0.352 e. The van der Waals surface area contributed by atoms with Crippen LogP contribution in [0.4, 0.5) is 0 Å². The molecular formula is C14H18N2OS2. The van der Waals surface area contributed by atoms with E-state index in [2.05, 4.69) is 10.3 Å². The van der Waals surface area contributed by atoms with Crippen LogP contribution in [0.25, 0.3) is 0 Å². The highest BCUT2D eigenvalue weighted by molar-refractivity contribution is 7.73. The predicted molar refractivity (Wildman–Crippen MR) is 77.7 cm³/mol. The molecule has 4 atom stereocenters. The van der Waals surface area contributed by atoms with E-state index in [-0.39, 0.29) is 5.91 Å². The minimum Gasteiger partial charge on any atom is -0.352 e. The first kappa shape index (κ1) is 12.1. The standard InChI is InChI=1S/C14H18N2OS2/c1-6-9(19-14(18)15-6)5-10(17)16-13-11-7-2-3-8(4-7)12(11)13/h7-8,11-13H,2-5H2,1H3,(H,15,18)(H,16,17). The lowest BCUT2D eigenvalue weighted by molar-refractivity contribution is -0.120. The van der Waals surface area contributed by atoms with Crippen LogP contribution in [0.5, 0.6) is 0 Å². The molecule has 4 rings (SSSR count). The second-order valence-electron chi connectivity index (χ2n) is 6.32. The Morgan fingerprint density at radius 2 is 2.11 bits per heavy atom. The summed E-state index contributed by atoms with van der Waals surface area (Å²) in [7, 11) is 0. The number of fused-ring (bicyclic) bond motifs is 5. The maximum absolute atomic E-state index is 12.1. The summed E-state index contributed by atoms with van der Waals surface area (Å²) in [4.78, 5) is 16.3. The second kappa shape index (κ2) is 4.16.